The molecule has 0 bridgehead atoms. The van der Waals surface area contributed by atoms with E-state index in [1.807, 2.05) is 0 Å². The van der Waals surface area contributed by atoms with Crippen LogP contribution in [0.1, 0.15) is 17.3 Å². The number of amides is 1. The van der Waals surface area contributed by atoms with Gasteiger partial charge in [0.25, 0.3) is 15.9 Å². The molecule has 27 heavy (non-hydrogen) atoms. The van der Waals surface area contributed by atoms with Gasteiger partial charge >= 0.3 is 5.97 Å². The van der Waals surface area contributed by atoms with E-state index in [0.717, 1.165) is 12.1 Å². The maximum absolute atomic E-state index is 13.7. The van der Waals surface area contributed by atoms with Crippen molar-refractivity contribution in [2.75, 3.05) is 18.8 Å². The first-order chi connectivity index (χ1) is 12.6. The fraction of sp³-hybridized carbons (Fsp3) is 0.222. The maximum Gasteiger partial charge on any atom is 0.338 e. The minimum atomic E-state index is -4.12. The van der Waals surface area contributed by atoms with Crippen LogP contribution in [0.25, 0.3) is 0 Å². The number of para-hydroxylation sites is 1. The Morgan fingerprint density at radius 1 is 1.11 bits per heavy atom. The summed E-state index contributed by atoms with van der Waals surface area (Å²) < 4.78 is 45.8. The van der Waals surface area contributed by atoms with Gasteiger partial charge in [0, 0.05) is 14.1 Å². The van der Waals surface area contributed by atoms with Crippen LogP contribution in [0.15, 0.2) is 53.4 Å². The van der Waals surface area contributed by atoms with E-state index in [1.165, 1.54) is 62.3 Å². The fourth-order valence-corrected chi connectivity index (χ4v) is 3.29. The molecule has 7 nitrogen and oxygen atoms in total. The number of anilines is 1. The fourth-order valence-electron chi connectivity index (χ4n) is 2.18. The highest BCUT2D eigenvalue weighted by atomic mass is 32.2. The molecule has 0 aliphatic rings. The van der Waals surface area contributed by atoms with E-state index in [-0.39, 0.29) is 16.1 Å². The van der Waals surface area contributed by atoms with Crippen LogP contribution in [0.3, 0.4) is 0 Å². The van der Waals surface area contributed by atoms with Crippen LogP contribution in [-0.2, 0) is 19.6 Å². The molecule has 1 amide bonds. The van der Waals surface area contributed by atoms with Crippen molar-refractivity contribution in [2.45, 2.75) is 17.9 Å². The molecule has 0 saturated heterocycles. The summed E-state index contributed by atoms with van der Waals surface area (Å²) in [6.45, 7) is 1.42. The van der Waals surface area contributed by atoms with Crippen molar-refractivity contribution >= 4 is 27.6 Å². The summed E-state index contributed by atoms with van der Waals surface area (Å²) in [5.41, 5.74) is -0.263. The number of nitrogens with zero attached hydrogens (tertiary/aromatic N) is 1. The highest BCUT2D eigenvalue weighted by molar-refractivity contribution is 7.92. The van der Waals surface area contributed by atoms with Gasteiger partial charge in [-0.05, 0) is 37.3 Å². The van der Waals surface area contributed by atoms with Gasteiger partial charge in [0.05, 0.1) is 16.1 Å². The Morgan fingerprint density at radius 3 is 2.41 bits per heavy atom. The van der Waals surface area contributed by atoms with Crippen LogP contribution in [0, 0.1) is 5.82 Å². The normalized spacial score (nSPS) is 12.1. The van der Waals surface area contributed by atoms with Crippen LogP contribution in [0.2, 0.25) is 0 Å². The Labute approximate surface area is 156 Å². The van der Waals surface area contributed by atoms with Gasteiger partial charge in [-0.1, -0.05) is 18.2 Å². The van der Waals surface area contributed by atoms with E-state index in [1.54, 1.807) is 0 Å². The van der Waals surface area contributed by atoms with Crippen molar-refractivity contribution in [1.82, 2.24) is 4.90 Å². The number of hydrogen-bond donors (Lipinski definition) is 1. The molecule has 0 heterocycles. The minimum absolute atomic E-state index is 0.0511. The number of sulfonamides is 1. The number of rotatable bonds is 6. The van der Waals surface area contributed by atoms with Gasteiger partial charge in [0.15, 0.2) is 6.10 Å². The van der Waals surface area contributed by atoms with E-state index in [2.05, 4.69) is 4.72 Å². The van der Waals surface area contributed by atoms with Crippen molar-refractivity contribution in [1.29, 1.82) is 0 Å². The van der Waals surface area contributed by atoms with E-state index in [9.17, 15) is 22.4 Å². The second-order valence-corrected chi connectivity index (χ2v) is 7.58. The second-order valence-electron chi connectivity index (χ2n) is 5.89. The second kappa shape index (κ2) is 8.17. The SMILES string of the molecule is C[C@H](OC(=O)c1cccc(S(=O)(=O)Nc2ccccc2F)c1)C(=O)N(C)C. The van der Waals surface area contributed by atoms with Crippen molar-refractivity contribution in [3.05, 3.63) is 59.9 Å². The zero-order valence-corrected chi connectivity index (χ0v) is 15.8. The summed E-state index contributed by atoms with van der Waals surface area (Å²) in [4.78, 5) is 25.0. The van der Waals surface area contributed by atoms with Crippen molar-refractivity contribution in [3.63, 3.8) is 0 Å². The van der Waals surface area contributed by atoms with Crippen LogP contribution in [0.5, 0.6) is 0 Å². The van der Waals surface area contributed by atoms with E-state index in [4.69, 9.17) is 4.74 Å². The molecule has 0 fully saturated rings. The van der Waals surface area contributed by atoms with E-state index >= 15 is 0 Å². The molecule has 0 unspecified atom stereocenters. The Bertz CT molecular complexity index is 960. The molecule has 1 atom stereocenters. The lowest BCUT2D eigenvalue weighted by molar-refractivity contribution is -0.137. The first-order valence-electron chi connectivity index (χ1n) is 7.91. The number of benzene rings is 2. The number of carbonyl (C=O) groups excluding carboxylic acids is 2. The molecular weight excluding hydrogens is 375 g/mol. The number of esters is 1. The Balaban J connectivity index is 2.22. The molecule has 0 saturated carbocycles. The molecule has 2 aromatic rings. The molecule has 144 valence electrons. The average molecular weight is 394 g/mol. The molecule has 0 aliphatic heterocycles. The zero-order valence-electron chi connectivity index (χ0n) is 15.0. The number of halogens is 1. The Kier molecular flexibility index (Phi) is 6.17. The Hall–Kier alpha value is -2.94. The van der Waals surface area contributed by atoms with Gasteiger partial charge in [0.1, 0.15) is 5.82 Å². The van der Waals surface area contributed by atoms with Crippen LogP contribution >= 0.6 is 0 Å². The van der Waals surface area contributed by atoms with Gasteiger partial charge in [-0.3, -0.25) is 9.52 Å². The summed E-state index contributed by atoms with van der Waals surface area (Å²) in [7, 11) is -1.08. The number of nitrogens with one attached hydrogen (secondary N) is 1. The molecule has 2 rings (SSSR count). The standard InChI is InChI=1S/C18H19FN2O5S/c1-12(17(22)21(2)3)26-18(23)13-7-6-8-14(11-13)27(24,25)20-16-10-5-4-9-15(16)19/h4-12,20H,1-3H3/t12-/m0/s1. The first kappa shape index (κ1) is 20.4. The molecule has 0 aliphatic carbocycles. The zero-order chi connectivity index (χ0) is 20.2. The van der Waals surface area contributed by atoms with Crippen LogP contribution < -0.4 is 4.72 Å². The highest BCUT2D eigenvalue weighted by Gasteiger charge is 2.22. The summed E-state index contributed by atoms with van der Waals surface area (Å²) in [5, 5.41) is 0. The molecule has 1 N–H and O–H groups in total. The summed E-state index contributed by atoms with van der Waals surface area (Å²) >= 11 is 0. The van der Waals surface area contributed by atoms with Gasteiger partial charge in [-0.2, -0.15) is 0 Å². The molecular formula is C18H19FN2O5S. The Morgan fingerprint density at radius 2 is 1.78 bits per heavy atom. The van der Waals surface area contributed by atoms with E-state index in [0.29, 0.717) is 0 Å². The summed E-state index contributed by atoms with van der Waals surface area (Å²) in [6, 6.07) is 10.4. The summed E-state index contributed by atoms with van der Waals surface area (Å²) in [5.74, 6) is -1.98. The number of likely N-dealkylation sites (N-methyl/N-ethyl adjacent to an activating group) is 1. The predicted molar refractivity (Wildman–Crippen MR) is 97.2 cm³/mol. The summed E-state index contributed by atoms with van der Waals surface area (Å²) in [6.07, 6.45) is -1.02. The largest absolute Gasteiger partial charge is 0.449 e. The lowest BCUT2D eigenvalue weighted by Crippen LogP contribution is -2.34. The van der Waals surface area contributed by atoms with Gasteiger partial charge in [-0.25, -0.2) is 17.6 Å². The molecule has 2 aromatic carbocycles. The van der Waals surface area contributed by atoms with Crippen LogP contribution in [0.4, 0.5) is 10.1 Å². The lowest BCUT2D eigenvalue weighted by Gasteiger charge is -2.17. The number of carbonyl (C=O) groups is 2. The van der Waals surface area contributed by atoms with Crippen molar-refractivity contribution < 1.29 is 27.1 Å². The smallest absolute Gasteiger partial charge is 0.338 e. The third kappa shape index (κ3) is 5.04. The number of hydrogen-bond acceptors (Lipinski definition) is 5. The third-order valence-electron chi connectivity index (χ3n) is 3.57. The van der Waals surface area contributed by atoms with E-state index < -0.39 is 33.8 Å². The monoisotopic (exact) mass is 394 g/mol. The number of ether oxygens (including phenoxy) is 1. The molecule has 0 radical (unpaired) electrons. The average Bonchev–Trinajstić information content (AvgIpc) is 2.62. The predicted octanol–water partition coefficient (Wildman–Crippen LogP) is 2.26. The topological polar surface area (TPSA) is 92.8 Å². The lowest BCUT2D eigenvalue weighted by atomic mass is 10.2. The molecule has 0 aromatic heterocycles. The van der Waals surface area contributed by atoms with Crippen molar-refractivity contribution in [2.24, 2.45) is 0 Å². The minimum Gasteiger partial charge on any atom is -0.449 e. The molecule has 9 heteroatoms. The maximum atomic E-state index is 13.7. The third-order valence-corrected chi connectivity index (χ3v) is 4.93. The quantitative estimate of drug-likeness (QED) is 0.759. The van der Waals surface area contributed by atoms with Gasteiger partial charge < -0.3 is 9.64 Å². The highest BCUT2D eigenvalue weighted by Crippen LogP contribution is 2.20. The van der Waals surface area contributed by atoms with Crippen molar-refractivity contribution in [3.8, 4) is 0 Å². The first-order valence-corrected chi connectivity index (χ1v) is 9.39. The molecule has 0 spiro atoms. The van der Waals surface area contributed by atoms with Crippen LogP contribution in [-0.4, -0.2) is 45.4 Å². The van der Waals surface area contributed by atoms with Gasteiger partial charge in [0.2, 0.25) is 0 Å². The van der Waals surface area contributed by atoms with Gasteiger partial charge in [-0.15, -0.1) is 0 Å².